The second kappa shape index (κ2) is 6.95. The third kappa shape index (κ3) is 3.35. The second-order valence-electron chi connectivity index (χ2n) is 6.85. The van der Waals surface area contributed by atoms with Crippen LogP contribution in [0.5, 0.6) is 0 Å². The van der Waals surface area contributed by atoms with E-state index in [0.29, 0.717) is 29.5 Å². The molecule has 0 radical (unpaired) electrons. The fraction of sp³-hybridized carbons (Fsp3) is 0.286. The lowest BCUT2D eigenvalue weighted by molar-refractivity contribution is -0.117. The topological polar surface area (TPSA) is 59.2 Å². The van der Waals surface area contributed by atoms with E-state index in [2.05, 4.69) is 17.1 Å². The molecule has 0 aliphatic carbocycles. The number of nitrogens with zero attached hydrogens (tertiary/aromatic N) is 3. The van der Waals surface area contributed by atoms with Crippen molar-refractivity contribution in [2.75, 3.05) is 11.4 Å². The Kier molecular flexibility index (Phi) is 4.48. The summed E-state index contributed by atoms with van der Waals surface area (Å²) in [5.41, 5.74) is 3.23. The van der Waals surface area contributed by atoms with E-state index in [1.54, 1.807) is 24.0 Å². The number of anilines is 1. The third-order valence-corrected chi connectivity index (χ3v) is 5.00. The molecular formula is C21H20FN3O2. The molecular weight excluding hydrogens is 345 g/mol. The molecule has 3 aromatic rings. The van der Waals surface area contributed by atoms with Gasteiger partial charge in [-0.05, 0) is 36.6 Å². The highest BCUT2D eigenvalue weighted by molar-refractivity contribution is 5.96. The lowest BCUT2D eigenvalue weighted by Crippen LogP contribution is -2.24. The van der Waals surface area contributed by atoms with Crippen LogP contribution in [0.15, 0.2) is 47.0 Å². The number of hydrogen-bond acceptors (Lipinski definition) is 4. The molecule has 138 valence electrons. The van der Waals surface area contributed by atoms with E-state index in [-0.39, 0.29) is 24.1 Å². The Bertz CT molecular complexity index is 981. The standard InChI is InChI=1S/C21H20FN3O2/c1-3-14-5-7-15(8-6-14)20-23-21(27-24-20)16-10-19(26)25(12-16)17-9-4-13(2)18(22)11-17/h4-9,11,16H,3,10,12H2,1-2H3. The van der Waals surface area contributed by atoms with E-state index < -0.39 is 0 Å². The molecule has 6 heteroatoms. The molecule has 1 amide bonds. The lowest BCUT2D eigenvalue weighted by atomic mass is 10.1. The van der Waals surface area contributed by atoms with Gasteiger partial charge in [0.1, 0.15) is 5.82 Å². The van der Waals surface area contributed by atoms with Crippen LogP contribution in [0.25, 0.3) is 11.4 Å². The zero-order chi connectivity index (χ0) is 19.0. The average Bonchev–Trinajstić information content (AvgIpc) is 3.31. The quantitative estimate of drug-likeness (QED) is 0.693. The van der Waals surface area contributed by atoms with Gasteiger partial charge in [0, 0.05) is 24.2 Å². The maximum absolute atomic E-state index is 13.8. The first-order chi connectivity index (χ1) is 13.0. The third-order valence-electron chi connectivity index (χ3n) is 5.00. The zero-order valence-corrected chi connectivity index (χ0v) is 15.3. The van der Waals surface area contributed by atoms with Gasteiger partial charge < -0.3 is 9.42 Å². The van der Waals surface area contributed by atoms with Gasteiger partial charge in [-0.3, -0.25) is 4.79 Å². The number of aryl methyl sites for hydroxylation is 2. The summed E-state index contributed by atoms with van der Waals surface area (Å²) in [6, 6.07) is 12.8. The SMILES string of the molecule is CCc1ccc(-c2noc(C3CC(=O)N(c4ccc(C)c(F)c4)C3)n2)cc1. The number of hydrogen-bond donors (Lipinski definition) is 0. The van der Waals surface area contributed by atoms with Crippen molar-refractivity contribution in [3.8, 4) is 11.4 Å². The van der Waals surface area contributed by atoms with Gasteiger partial charge in [0.15, 0.2) is 0 Å². The van der Waals surface area contributed by atoms with Gasteiger partial charge in [-0.1, -0.05) is 42.4 Å². The van der Waals surface area contributed by atoms with Crippen LogP contribution in [0, 0.1) is 12.7 Å². The molecule has 1 atom stereocenters. The molecule has 2 aromatic carbocycles. The minimum atomic E-state index is -0.320. The Labute approximate surface area is 156 Å². The highest BCUT2D eigenvalue weighted by Crippen LogP contribution is 2.32. The van der Waals surface area contributed by atoms with Crippen LogP contribution < -0.4 is 4.90 Å². The van der Waals surface area contributed by atoms with Crippen LogP contribution in [0.3, 0.4) is 0 Å². The monoisotopic (exact) mass is 365 g/mol. The van der Waals surface area contributed by atoms with Crippen molar-refractivity contribution in [1.29, 1.82) is 0 Å². The molecule has 4 rings (SSSR count). The van der Waals surface area contributed by atoms with E-state index in [1.807, 2.05) is 24.3 Å². The van der Waals surface area contributed by atoms with Crippen LogP contribution >= 0.6 is 0 Å². The number of carbonyl (C=O) groups excluding carboxylic acids is 1. The molecule has 0 spiro atoms. The maximum Gasteiger partial charge on any atom is 0.232 e. The number of aromatic nitrogens is 2. The van der Waals surface area contributed by atoms with Gasteiger partial charge in [0.25, 0.3) is 0 Å². The van der Waals surface area contributed by atoms with Gasteiger partial charge in [-0.25, -0.2) is 4.39 Å². The summed E-state index contributed by atoms with van der Waals surface area (Å²) in [6.07, 6.45) is 1.24. The van der Waals surface area contributed by atoms with Crippen LogP contribution in [-0.2, 0) is 11.2 Å². The molecule has 1 aliphatic rings. The Hall–Kier alpha value is -3.02. The molecule has 1 fully saturated rings. The van der Waals surface area contributed by atoms with Crippen molar-refractivity contribution in [2.45, 2.75) is 32.6 Å². The van der Waals surface area contributed by atoms with Crippen LogP contribution in [-0.4, -0.2) is 22.6 Å². The lowest BCUT2D eigenvalue weighted by Gasteiger charge is -2.16. The summed E-state index contributed by atoms with van der Waals surface area (Å²) in [6.45, 7) is 4.20. The fourth-order valence-corrected chi connectivity index (χ4v) is 3.28. The van der Waals surface area contributed by atoms with E-state index in [4.69, 9.17) is 4.52 Å². The van der Waals surface area contributed by atoms with Crippen molar-refractivity contribution in [1.82, 2.24) is 10.1 Å². The first-order valence-corrected chi connectivity index (χ1v) is 9.04. The molecule has 1 aliphatic heterocycles. The van der Waals surface area contributed by atoms with E-state index in [9.17, 15) is 9.18 Å². The number of carbonyl (C=O) groups is 1. The van der Waals surface area contributed by atoms with Crippen molar-refractivity contribution >= 4 is 11.6 Å². The Morgan fingerprint density at radius 2 is 2.00 bits per heavy atom. The Balaban J connectivity index is 1.53. The highest BCUT2D eigenvalue weighted by Gasteiger charge is 2.35. The summed E-state index contributed by atoms with van der Waals surface area (Å²) in [5, 5.41) is 4.06. The minimum Gasteiger partial charge on any atom is -0.339 e. The molecule has 2 heterocycles. The number of benzene rings is 2. The summed E-state index contributed by atoms with van der Waals surface area (Å²) in [4.78, 5) is 18.5. The molecule has 0 saturated carbocycles. The predicted octanol–water partition coefficient (Wildman–Crippen LogP) is 4.27. The van der Waals surface area contributed by atoms with Crippen molar-refractivity contribution in [3.63, 3.8) is 0 Å². The average molecular weight is 365 g/mol. The maximum atomic E-state index is 13.8. The largest absolute Gasteiger partial charge is 0.339 e. The van der Waals surface area contributed by atoms with Gasteiger partial charge in [-0.15, -0.1) is 0 Å². The van der Waals surface area contributed by atoms with Gasteiger partial charge in [0.05, 0.1) is 5.92 Å². The number of halogens is 1. The molecule has 1 saturated heterocycles. The second-order valence-corrected chi connectivity index (χ2v) is 6.85. The molecule has 1 unspecified atom stereocenters. The van der Waals surface area contributed by atoms with Gasteiger partial charge >= 0.3 is 0 Å². The zero-order valence-electron chi connectivity index (χ0n) is 15.3. The molecule has 0 N–H and O–H groups in total. The molecule has 27 heavy (non-hydrogen) atoms. The van der Waals surface area contributed by atoms with Crippen molar-refractivity contribution < 1.29 is 13.7 Å². The molecule has 1 aromatic heterocycles. The number of amides is 1. The first-order valence-electron chi connectivity index (χ1n) is 9.04. The Morgan fingerprint density at radius 3 is 2.70 bits per heavy atom. The minimum absolute atomic E-state index is 0.0738. The van der Waals surface area contributed by atoms with Crippen molar-refractivity contribution in [3.05, 3.63) is 65.3 Å². The van der Waals surface area contributed by atoms with Crippen LogP contribution in [0.1, 0.15) is 36.3 Å². The van der Waals surface area contributed by atoms with Crippen molar-refractivity contribution in [2.24, 2.45) is 0 Å². The molecule has 5 nitrogen and oxygen atoms in total. The van der Waals surface area contributed by atoms with Gasteiger partial charge in [-0.2, -0.15) is 4.98 Å². The van der Waals surface area contributed by atoms with Crippen LogP contribution in [0.4, 0.5) is 10.1 Å². The highest BCUT2D eigenvalue weighted by atomic mass is 19.1. The van der Waals surface area contributed by atoms with E-state index in [1.165, 1.54) is 11.6 Å². The normalized spacial score (nSPS) is 16.9. The predicted molar refractivity (Wildman–Crippen MR) is 100.0 cm³/mol. The van der Waals surface area contributed by atoms with E-state index in [0.717, 1.165) is 12.0 Å². The Morgan fingerprint density at radius 1 is 1.22 bits per heavy atom. The fourth-order valence-electron chi connectivity index (χ4n) is 3.28. The number of rotatable bonds is 4. The smallest absolute Gasteiger partial charge is 0.232 e. The van der Waals surface area contributed by atoms with Gasteiger partial charge in [0.2, 0.25) is 17.6 Å². The molecule has 0 bridgehead atoms. The first kappa shape index (κ1) is 17.4. The summed E-state index contributed by atoms with van der Waals surface area (Å²) < 4.78 is 19.3. The summed E-state index contributed by atoms with van der Waals surface area (Å²) in [5.74, 6) is 0.362. The van der Waals surface area contributed by atoms with E-state index >= 15 is 0 Å². The summed E-state index contributed by atoms with van der Waals surface area (Å²) >= 11 is 0. The van der Waals surface area contributed by atoms with Crippen LogP contribution in [0.2, 0.25) is 0 Å². The summed E-state index contributed by atoms with van der Waals surface area (Å²) in [7, 11) is 0.